The quantitative estimate of drug-likeness (QED) is 0.501. The molecule has 0 N–H and O–H groups in total. The number of benzene rings is 2. The highest BCUT2D eigenvalue weighted by Gasteiger charge is 2.28. The summed E-state index contributed by atoms with van der Waals surface area (Å²) in [6, 6.07) is 19.9. The Morgan fingerprint density at radius 1 is 0.931 bits per heavy atom. The molecular weight excluding hydrogens is 364 g/mol. The summed E-state index contributed by atoms with van der Waals surface area (Å²) in [5, 5.41) is 0. The monoisotopic (exact) mass is 384 g/mol. The summed E-state index contributed by atoms with van der Waals surface area (Å²) >= 11 is 0. The minimum absolute atomic E-state index is 0.0553. The number of hydrogen-bond acceptors (Lipinski definition) is 5. The van der Waals surface area contributed by atoms with Crippen LogP contribution in [0.15, 0.2) is 71.7 Å². The van der Waals surface area contributed by atoms with E-state index in [2.05, 4.69) is 27.1 Å². The molecule has 2 heterocycles. The van der Waals surface area contributed by atoms with E-state index in [1.807, 2.05) is 48.5 Å². The molecule has 0 bridgehead atoms. The fourth-order valence-electron chi connectivity index (χ4n) is 3.42. The van der Waals surface area contributed by atoms with E-state index in [1.54, 1.807) is 10.8 Å². The van der Waals surface area contributed by atoms with Gasteiger partial charge in [-0.3, -0.25) is 9.36 Å². The van der Waals surface area contributed by atoms with Crippen molar-refractivity contribution in [3.8, 4) is 11.8 Å². The molecule has 29 heavy (non-hydrogen) atoms. The lowest BCUT2D eigenvalue weighted by Gasteiger charge is -2.11. The molecule has 2 aromatic carbocycles. The molecule has 1 fully saturated rings. The zero-order valence-electron chi connectivity index (χ0n) is 15.9. The summed E-state index contributed by atoms with van der Waals surface area (Å²) in [6.07, 6.45) is 4.97. The first-order valence-electron chi connectivity index (χ1n) is 9.83. The molecule has 0 spiro atoms. The summed E-state index contributed by atoms with van der Waals surface area (Å²) in [4.78, 5) is 26.6. The minimum Gasteiger partial charge on any atom is -0.424 e. The molecule has 0 radical (unpaired) electrons. The molecule has 1 aliphatic carbocycles. The van der Waals surface area contributed by atoms with Crippen molar-refractivity contribution in [2.24, 2.45) is 0 Å². The molecule has 0 amide bonds. The first-order valence-corrected chi connectivity index (χ1v) is 9.83. The Morgan fingerprint density at radius 2 is 1.66 bits per heavy atom. The Morgan fingerprint density at radius 3 is 2.38 bits per heavy atom. The largest absolute Gasteiger partial charge is 0.424 e. The molecule has 5 rings (SSSR count). The lowest BCUT2D eigenvalue weighted by molar-refractivity contribution is 0.442. The van der Waals surface area contributed by atoms with Crippen LogP contribution in [0, 0.1) is 0 Å². The van der Waals surface area contributed by atoms with Gasteiger partial charge in [-0.2, -0.15) is 4.98 Å². The predicted octanol–water partition coefficient (Wildman–Crippen LogP) is 4.10. The minimum atomic E-state index is -0.0553. The summed E-state index contributed by atoms with van der Waals surface area (Å²) < 4.78 is 7.53. The van der Waals surface area contributed by atoms with Crippen molar-refractivity contribution in [1.82, 2.24) is 19.5 Å². The molecule has 144 valence electrons. The molecule has 1 aliphatic rings. The van der Waals surface area contributed by atoms with Crippen molar-refractivity contribution >= 4 is 11.2 Å². The van der Waals surface area contributed by atoms with E-state index < -0.39 is 0 Å². The molecule has 6 nitrogen and oxygen atoms in total. The molecule has 0 saturated heterocycles. The third kappa shape index (κ3) is 3.74. The Kier molecular flexibility index (Phi) is 4.52. The SMILES string of the molecule is O=c1c(CCc2ccccc2)nc2cnc(Oc3ccccc3)nc2n1C1CC1. The van der Waals surface area contributed by atoms with Crippen molar-refractivity contribution < 1.29 is 4.74 Å². The van der Waals surface area contributed by atoms with Crippen LogP contribution in [0.3, 0.4) is 0 Å². The van der Waals surface area contributed by atoms with Gasteiger partial charge in [-0.15, -0.1) is 0 Å². The van der Waals surface area contributed by atoms with Crippen LogP contribution in [0.25, 0.3) is 11.2 Å². The lowest BCUT2D eigenvalue weighted by Crippen LogP contribution is -2.26. The van der Waals surface area contributed by atoms with Crippen molar-refractivity contribution in [3.05, 3.63) is 88.5 Å². The molecule has 0 atom stereocenters. The van der Waals surface area contributed by atoms with Crippen LogP contribution in [-0.4, -0.2) is 19.5 Å². The number of hydrogen-bond donors (Lipinski definition) is 0. The maximum absolute atomic E-state index is 13.2. The van der Waals surface area contributed by atoms with Crippen molar-refractivity contribution in [1.29, 1.82) is 0 Å². The number of aromatic nitrogens is 4. The summed E-state index contributed by atoms with van der Waals surface area (Å²) in [7, 11) is 0. The molecule has 6 heteroatoms. The number of ether oxygens (including phenoxy) is 1. The highest BCUT2D eigenvalue weighted by molar-refractivity contribution is 5.69. The van der Waals surface area contributed by atoms with E-state index in [9.17, 15) is 4.79 Å². The van der Waals surface area contributed by atoms with E-state index in [0.717, 1.165) is 19.3 Å². The van der Waals surface area contributed by atoms with Crippen LogP contribution in [0.1, 0.15) is 30.1 Å². The van der Waals surface area contributed by atoms with Gasteiger partial charge in [0.05, 0.1) is 6.20 Å². The Hall–Kier alpha value is -3.54. The van der Waals surface area contributed by atoms with Crippen molar-refractivity contribution in [3.63, 3.8) is 0 Å². The van der Waals surface area contributed by atoms with Gasteiger partial charge in [0, 0.05) is 6.04 Å². The van der Waals surface area contributed by atoms with E-state index in [-0.39, 0.29) is 17.6 Å². The third-order valence-electron chi connectivity index (χ3n) is 5.03. The maximum atomic E-state index is 13.2. The topological polar surface area (TPSA) is 69.9 Å². The Labute approximate surface area is 167 Å². The second kappa shape index (κ2) is 7.47. The smallest absolute Gasteiger partial charge is 0.324 e. The van der Waals surface area contributed by atoms with Gasteiger partial charge in [0.1, 0.15) is 17.0 Å². The third-order valence-corrected chi connectivity index (χ3v) is 5.03. The molecular formula is C23H20N4O2. The second-order valence-corrected chi connectivity index (χ2v) is 7.23. The van der Waals surface area contributed by atoms with E-state index in [0.29, 0.717) is 29.0 Å². The number of fused-ring (bicyclic) bond motifs is 1. The van der Waals surface area contributed by atoms with Gasteiger partial charge in [-0.05, 0) is 43.4 Å². The highest BCUT2D eigenvalue weighted by atomic mass is 16.5. The fraction of sp³-hybridized carbons (Fsp3) is 0.217. The number of aryl methyl sites for hydroxylation is 2. The molecule has 0 unspecified atom stereocenters. The van der Waals surface area contributed by atoms with Gasteiger partial charge >= 0.3 is 6.01 Å². The van der Waals surface area contributed by atoms with Gasteiger partial charge in [-0.1, -0.05) is 48.5 Å². The second-order valence-electron chi connectivity index (χ2n) is 7.23. The number of rotatable bonds is 6. The van der Waals surface area contributed by atoms with E-state index >= 15 is 0 Å². The molecule has 4 aromatic rings. The van der Waals surface area contributed by atoms with Crippen LogP contribution in [0.4, 0.5) is 0 Å². The number of para-hydroxylation sites is 1. The standard InChI is InChI=1S/C23H20N4O2/c28-22-19(14-11-16-7-3-1-4-8-16)25-20-15-24-23(29-18-9-5-2-6-10-18)26-21(20)27(22)17-12-13-17/h1-10,15,17H,11-14H2. The first-order chi connectivity index (χ1) is 14.3. The van der Waals surface area contributed by atoms with E-state index in [4.69, 9.17) is 4.74 Å². The summed E-state index contributed by atoms with van der Waals surface area (Å²) in [5.41, 5.74) is 2.87. The van der Waals surface area contributed by atoms with Crippen LogP contribution in [0.5, 0.6) is 11.8 Å². The van der Waals surface area contributed by atoms with Crippen LogP contribution in [0.2, 0.25) is 0 Å². The van der Waals surface area contributed by atoms with Crippen molar-refractivity contribution in [2.45, 2.75) is 31.7 Å². The molecule has 0 aliphatic heterocycles. The van der Waals surface area contributed by atoms with E-state index in [1.165, 1.54) is 5.56 Å². The summed E-state index contributed by atoms with van der Waals surface area (Å²) in [6.45, 7) is 0. The van der Waals surface area contributed by atoms with Crippen LogP contribution >= 0.6 is 0 Å². The lowest BCUT2D eigenvalue weighted by atomic mass is 10.1. The van der Waals surface area contributed by atoms with Crippen molar-refractivity contribution in [2.75, 3.05) is 0 Å². The first kappa shape index (κ1) is 17.6. The number of nitrogens with zero attached hydrogens (tertiary/aromatic N) is 4. The van der Waals surface area contributed by atoms with Crippen LogP contribution in [-0.2, 0) is 12.8 Å². The highest BCUT2D eigenvalue weighted by Crippen LogP contribution is 2.35. The van der Waals surface area contributed by atoms with Gasteiger partial charge in [0.2, 0.25) is 0 Å². The Balaban J connectivity index is 1.51. The average Bonchev–Trinajstić information content (AvgIpc) is 3.59. The predicted molar refractivity (Wildman–Crippen MR) is 110 cm³/mol. The Bertz CT molecular complexity index is 1200. The van der Waals surface area contributed by atoms with Crippen LogP contribution < -0.4 is 10.3 Å². The zero-order chi connectivity index (χ0) is 19.6. The van der Waals surface area contributed by atoms with Gasteiger partial charge < -0.3 is 4.74 Å². The fourth-order valence-corrected chi connectivity index (χ4v) is 3.42. The van der Waals surface area contributed by atoms with Gasteiger partial charge in [0.15, 0.2) is 5.65 Å². The summed E-state index contributed by atoms with van der Waals surface area (Å²) in [5.74, 6) is 0.652. The molecule has 1 saturated carbocycles. The maximum Gasteiger partial charge on any atom is 0.324 e. The molecule has 2 aromatic heterocycles. The normalized spacial score (nSPS) is 13.5. The average molecular weight is 384 g/mol. The van der Waals surface area contributed by atoms with Gasteiger partial charge in [-0.25, -0.2) is 9.97 Å². The zero-order valence-corrected chi connectivity index (χ0v) is 15.9. The van der Waals surface area contributed by atoms with Gasteiger partial charge in [0.25, 0.3) is 5.56 Å².